The highest BCUT2D eigenvalue weighted by atomic mass is 19.3. The van der Waals surface area contributed by atoms with Crippen LogP contribution in [0.4, 0.5) is 17.6 Å². The zero-order valence-electron chi connectivity index (χ0n) is 63.2. The number of aliphatic hydroxyl groups excluding tert-OH is 3. The second kappa shape index (κ2) is 36.8. The van der Waals surface area contributed by atoms with Crippen LogP contribution in [-0.4, -0.2) is 146 Å². The Labute approximate surface area is 600 Å². The number of esters is 1. The van der Waals surface area contributed by atoms with Crippen molar-refractivity contribution in [1.29, 1.82) is 36.8 Å². The molecule has 11 rings (SSSR count). The third-order valence-electron chi connectivity index (χ3n) is 20.6. The Balaban J connectivity index is 0.000000565. The molecule has 10 saturated carbocycles. The van der Waals surface area contributed by atoms with Crippen molar-refractivity contribution in [2.24, 2.45) is 71.5 Å². The Bertz CT molecular complexity index is 3060. The summed E-state index contributed by atoms with van der Waals surface area (Å²) in [6.45, 7) is 27.0. The number of methoxy groups -OCH3 is 3. The lowest BCUT2D eigenvalue weighted by molar-refractivity contribution is -0.244. The fraction of sp³-hybridized carbons (Fsp3) is 0.824. The van der Waals surface area contributed by atoms with E-state index < -0.39 is 50.7 Å². The van der Waals surface area contributed by atoms with E-state index in [1.807, 2.05) is 60.6 Å². The van der Waals surface area contributed by atoms with Crippen LogP contribution in [0.25, 0.3) is 0 Å². The summed E-state index contributed by atoms with van der Waals surface area (Å²) in [5, 5.41) is 85.2. The maximum absolute atomic E-state index is 12.4. The molecule has 7 N–H and O–H groups in total. The van der Waals surface area contributed by atoms with E-state index in [0.29, 0.717) is 89.9 Å². The van der Waals surface area contributed by atoms with E-state index in [4.69, 9.17) is 87.3 Å². The first kappa shape index (κ1) is 93.3. The molecule has 1 spiro atoms. The maximum Gasteiger partial charge on any atom is 0.312 e. The van der Waals surface area contributed by atoms with Crippen molar-refractivity contribution >= 4 is 35.1 Å². The fourth-order valence-corrected chi connectivity index (χ4v) is 14.2. The number of hydrogen-bond donors (Lipinski definition) is 5. The SMILES string of the molecule is CC1(C#N)CC(=O)C1.CC1(C#N)CC(F)(F)C1.CC1(C#N)CC(O)C1.CC1(C#N)CC2(C1)OCCO2.CC1(C(N)=O)CC(=O)C1.CC1CC(C)(C#N)C1.CCC#N.CCOC(=O)C1(C)CC(F)(F)C1.COC1(CO)CC(C)(C(C)=O)C1.COC1(CO)CC(C)(C(N)=O)C1.COC1CC(C)(C#N)C1. The molecule has 1 heterocycles. The number of nitrogens with two attached hydrogens (primary N) is 2. The predicted octanol–water partition coefficient (Wildman–Crippen LogP) is 11.0. The first-order valence-corrected chi connectivity index (χ1v) is 34.4. The van der Waals surface area contributed by atoms with Crippen molar-refractivity contribution in [3.8, 4) is 42.5 Å². The topological polar surface area (TPSA) is 437 Å². The van der Waals surface area contributed by atoms with Crippen molar-refractivity contribution in [3.63, 3.8) is 0 Å². The van der Waals surface area contributed by atoms with Gasteiger partial charge in [-0.2, -0.15) is 36.8 Å². The van der Waals surface area contributed by atoms with Crippen molar-refractivity contribution in [2.45, 2.75) is 273 Å². The highest BCUT2D eigenvalue weighted by molar-refractivity contribution is 5.98. The molecule has 0 unspecified atom stereocenters. The number of amides is 2. The van der Waals surface area contributed by atoms with Gasteiger partial charge in [0.2, 0.25) is 17.7 Å². The summed E-state index contributed by atoms with van der Waals surface area (Å²) in [6.07, 6.45) is 10.2. The van der Waals surface area contributed by atoms with E-state index in [0.717, 1.165) is 44.4 Å². The third-order valence-corrected chi connectivity index (χ3v) is 20.6. The second-order valence-electron chi connectivity index (χ2n) is 32.6. The third kappa shape index (κ3) is 26.7. The molecular weight excluding hydrogens is 1330 g/mol. The summed E-state index contributed by atoms with van der Waals surface area (Å²) in [5.41, 5.74) is 5.50. The van der Waals surface area contributed by atoms with Crippen molar-refractivity contribution in [2.75, 3.05) is 54.4 Å². The number of ether oxygens (including phenoxy) is 6. The van der Waals surface area contributed by atoms with E-state index in [-0.39, 0.29) is 119 Å². The summed E-state index contributed by atoms with van der Waals surface area (Å²) in [4.78, 5) is 64.4. The monoisotopic (exact) mass is 1440 g/mol. The summed E-state index contributed by atoms with van der Waals surface area (Å²) < 4.78 is 79.8. The molecule has 24 nitrogen and oxygen atoms in total. The average Bonchev–Trinajstić information content (AvgIpc) is 1.03. The smallest absolute Gasteiger partial charge is 0.312 e. The van der Waals surface area contributed by atoms with Gasteiger partial charge < -0.3 is 55.2 Å². The Morgan fingerprint density at radius 3 is 1.07 bits per heavy atom. The summed E-state index contributed by atoms with van der Waals surface area (Å²) in [7, 11) is 4.81. The molecule has 0 atom stereocenters. The normalized spacial score (nSPS) is 33.0. The predicted molar refractivity (Wildman–Crippen MR) is 363 cm³/mol. The van der Waals surface area contributed by atoms with E-state index in [9.17, 15) is 46.3 Å². The van der Waals surface area contributed by atoms with Crippen LogP contribution in [0.5, 0.6) is 0 Å². The molecule has 0 radical (unpaired) electrons. The van der Waals surface area contributed by atoms with Crippen LogP contribution in [0, 0.1) is 139 Å². The van der Waals surface area contributed by atoms with Gasteiger partial charge in [0.15, 0.2) is 5.79 Å². The molecule has 0 aromatic heterocycles. The molecule has 1 aliphatic heterocycles. The van der Waals surface area contributed by atoms with Gasteiger partial charge in [0.1, 0.15) is 17.3 Å². The van der Waals surface area contributed by atoms with Crippen LogP contribution in [0.3, 0.4) is 0 Å². The molecule has 2 amide bonds. The standard InChI is InChI=1S/C9H16O3.C8H12F2O2.C8H15NO3.C8H11NO2.C7H11NO.C7H11N.C6H7F2N.C6H9NO2.C6H9NO.C6H7NO.C3H5N/c1-7(11)8(2)4-9(5-8,6-10)12-3;1-3-12-6(11)7(2)4-8(9,10)5-7;1-7(6(9)11)3-8(4-7,5-10)12-2;1-7(6-9)4-8(5-7)10-2-3-11-8;1-7(5-8)3-6(4-7)9-2;1-6-3-7(2,4-6)5-8;1-5(4-9)2-6(7,8)3-5;1-6(5(7)9)2-4(8)3-6;2*1-6(4-7)2-5(8)3-6;1-2-3-4/h10H,4-6H2,1-3H3;3-5H2,1-2H3;10H,3-5H2,1-2H3,(H2,9,11);2-5H2,1H3;6H,3-4H2,1-2H3;6H,3-4H2,1-2H3;2-3H2,1H3;2-3H2,1H3,(H2,7,9);5,8H,2-3H2,1H3;2-3H2,1H3;2H2,1H3. The number of rotatable bonds is 10. The number of ketones is 3. The second-order valence-corrected chi connectivity index (χ2v) is 32.6. The van der Waals surface area contributed by atoms with E-state index >= 15 is 0 Å². The number of carbonyl (C=O) groups is 6. The molecule has 0 aromatic carbocycles. The van der Waals surface area contributed by atoms with Gasteiger partial charge in [0.25, 0.3) is 5.92 Å². The molecule has 11 aliphatic rings. The van der Waals surface area contributed by atoms with Crippen LogP contribution in [-0.2, 0) is 57.2 Å². The van der Waals surface area contributed by atoms with E-state index in [2.05, 4.69) is 42.0 Å². The van der Waals surface area contributed by atoms with Gasteiger partial charge in [-0.1, -0.05) is 27.7 Å². The summed E-state index contributed by atoms with van der Waals surface area (Å²) in [6, 6.07) is 14.9. The zero-order valence-corrected chi connectivity index (χ0v) is 63.2. The Morgan fingerprint density at radius 2 is 0.853 bits per heavy atom. The van der Waals surface area contributed by atoms with Gasteiger partial charge in [0.05, 0.1) is 148 Å². The fourth-order valence-electron chi connectivity index (χ4n) is 14.2. The summed E-state index contributed by atoms with van der Waals surface area (Å²) in [5.74, 6) is -5.45. The van der Waals surface area contributed by atoms with Crippen molar-refractivity contribution < 1.29 is 90.1 Å². The number of Topliss-reactive ketones (excluding diaryl/α,β-unsaturated/α-hetero) is 3. The van der Waals surface area contributed by atoms with E-state index in [1.165, 1.54) is 14.0 Å². The van der Waals surface area contributed by atoms with Gasteiger partial charge in [-0.3, -0.25) is 28.8 Å². The molecule has 0 bridgehead atoms. The summed E-state index contributed by atoms with van der Waals surface area (Å²) >= 11 is 0. The van der Waals surface area contributed by atoms with Crippen LogP contribution in [0.1, 0.15) is 232 Å². The minimum absolute atomic E-state index is 0.00632. The number of alkyl halides is 4. The lowest BCUT2D eigenvalue weighted by Gasteiger charge is -2.51. The lowest BCUT2D eigenvalue weighted by Crippen LogP contribution is -2.59. The number of hydrogen-bond acceptors (Lipinski definition) is 22. The Morgan fingerprint density at radius 1 is 0.510 bits per heavy atom. The van der Waals surface area contributed by atoms with Gasteiger partial charge in [-0.25, -0.2) is 17.6 Å². The van der Waals surface area contributed by atoms with Crippen LogP contribution in [0.15, 0.2) is 0 Å². The zero-order chi connectivity index (χ0) is 79.3. The molecule has 11 fully saturated rings. The first-order valence-electron chi connectivity index (χ1n) is 34.4. The number of nitriles is 7. The number of halogens is 4. The number of primary amides is 2. The number of aliphatic hydroxyl groups is 3. The minimum Gasteiger partial charge on any atom is -0.466 e. The lowest BCUT2D eigenvalue weighted by atomic mass is 9.58. The molecule has 10 aliphatic carbocycles. The molecular formula is C74H113F4N9O15. The first-order chi connectivity index (χ1) is 46.7. The molecule has 572 valence electrons. The molecule has 28 heteroatoms. The molecule has 0 aromatic rings. The number of nitrogens with zero attached hydrogens (tertiary/aromatic N) is 7. The highest BCUT2D eigenvalue weighted by Crippen LogP contribution is 2.55. The van der Waals surface area contributed by atoms with Crippen molar-refractivity contribution in [1.82, 2.24) is 0 Å². The van der Waals surface area contributed by atoms with Gasteiger partial charge in [0, 0.05) is 97.4 Å². The Kier molecular flexibility index (Phi) is 33.6. The van der Waals surface area contributed by atoms with Crippen molar-refractivity contribution in [3.05, 3.63) is 0 Å². The largest absolute Gasteiger partial charge is 0.466 e. The van der Waals surface area contributed by atoms with Gasteiger partial charge in [-0.05, 0) is 139 Å². The molecule has 102 heavy (non-hydrogen) atoms. The highest BCUT2D eigenvalue weighted by Gasteiger charge is 2.60. The van der Waals surface area contributed by atoms with E-state index in [1.54, 1.807) is 48.8 Å². The number of carbonyl (C=O) groups excluding carboxylic acids is 6. The minimum atomic E-state index is -2.67. The van der Waals surface area contributed by atoms with Gasteiger partial charge >= 0.3 is 5.97 Å². The van der Waals surface area contributed by atoms with Crippen LogP contribution < -0.4 is 11.5 Å². The van der Waals surface area contributed by atoms with Crippen LogP contribution in [0.2, 0.25) is 0 Å². The molecule has 1 saturated heterocycles. The Hall–Kier alpha value is -6.75. The van der Waals surface area contributed by atoms with Gasteiger partial charge in [-0.15, -0.1) is 0 Å². The average molecular weight is 1440 g/mol. The quantitative estimate of drug-likeness (QED) is 0.100. The maximum atomic E-state index is 12.4. The van der Waals surface area contributed by atoms with Crippen LogP contribution >= 0.6 is 0 Å².